The maximum Gasteiger partial charge on any atom is 0.407 e. The Hall–Kier alpha value is -0.380. The summed E-state index contributed by atoms with van der Waals surface area (Å²) in [6.07, 6.45) is 3.68. The van der Waals surface area contributed by atoms with Crippen molar-refractivity contribution in [1.29, 1.82) is 0 Å². The van der Waals surface area contributed by atoms with Crippen molar-refractivity contribution in [1.82, 2.24) is 5.32 Å². The van der Waals surface area contributed by atoms with Crippen molar-refractivity contribution in [3.05, 3.63) is 0 Å². The lowest BCUT2D eigenvalue weighted by Gasteiger charge is -2.05. The molecule has 78 valence electrons. The second kappa shape index (κ2) is 9.71. The second-order valence-electron chi connectivity index (χ2n) is 2.85. The fraction of sp³-hybridized carbons (Fsp3) is 0.889. The summed E-state index contributed by atoms with van der Waals surface area (Å²) in [5.41, 5.74) is 0. The minimum Gasteiger partial charge on any atom is -0.450 e. The molecule has 0 rings (SSSR count). The first kappa shape index (κ1) is 12.6. The van der Waals surface area contributed by atoms with Crippen molar-refractivity contribution in [2.75, 3.05) is 18.9 Å². The van der Waals surface area contributed by atoms with Crippen molar-refractivity contribution in [2.24, 2.45) is 0 Å². The van der Waals surface area contributed by atoms with E-state index in [4.69, 9.17) is 4.74 Å². The zero-order valence-corrected chi connectivity index (χ0v) is 9.11. The van der Waals surface area contributed by atoms with Crippen LogP contribution in [0.2, 0.25) is 0 Å². The van der Waals surface area contributed by atoms with Gasteiger partial charge < -0.3 is 10.1 Å². The molecule has 0 unspecified atom stereocenters. The van der Waals surface area contributed by atoms with Crippen LogP contribution in [0.5, 0.6) is 0 Å². The zero-order valence-electron chi connectivity index (χ0n) is 8.21. The third-order valence-corrected chi connectivity index (χ3v) is 1.90. The van der Waals surface area contributed by atoms with Crippen molar-refractivity contribution in [2.45, 2.75) is 32.6 Å². The number of nitrogens with one attached hydrogen (secondary N) is 1. The van der Waals surface area contributed by atoms with Crippen LogP contribution in [-0.2, 0) is 4.74 Å². The Labute approximate surface area is 85.6 Å². The van der Waals surface area contributed by atoms with Gasteiger partial charge in [0, 0.05) is 6.54 Å². The van der Waals surface area contributed by atoms with Gasteiger partial charge in [-0.2, -0.15) is 12.6 Å². The van der Waals surface area contributed by atoms with Gasteiger partial charge in [0.1, 0.15) is 0 Å². The first-order valence-corrected chi connectivity index (χ1v) is 5.46. The summed E-state index contributed by atoms with van der Waals surface area (Å²) in [5, 5.41) is 2.68. The fourth-order valence-corrected chi connectivity index (χ4v) is 1.01. The molecule has 0 aromatic rings. The first-order chi connectivity index (χ1) is 6.31. The highest BCUT2D eigenvalue weighted by atomic mass is 32.1. The summed E-state index contributed by atoms with van der Waals surface area (Å²) in [7, 11) is 0. The molecule has 4 heteroatoms. The van der Waals surface area contributed by atoms with Crippen LogP contribution < -0.4 is 5.32 Å². The molecule has 0 atom stereocenters. The molecule has 0 aromatic carbocycles. The second-order valence-corrected chi connectivity index (χ2v) is 3.29. The first-order valence-electron chi connectivity index (χ1n) is 4.82. The molecule has 0 radical (unpaired) electrons. The molecule has 0 saturated carbocycles. The molecule has 1 amide bonds. The molecule has 1 N–H and O–H groups in total. The van der Waals surface area contributed by atoms with Crippen molar-refractivity contribution < 1.29 is 9.53 Å². The van der Waals surface area contributed by atoms with E-state index in [9.17, 15) is 4.79 Å². The molecule has 0 spiro atoms. The number of hydrogen-bond donors (Lipinski definition) is 2. The number of hydrogen-bond acceptors (Lipinski definition) is 3. The van der Waals surface area contributed by atoms with Crippen LogP contribution in [0, 0.1) is 0 Å². The van der Waals surface area contributed by atoms with E-state index >= 15 is 0 Å². The smallest absolute Gasteiger partial charge is 0.407 e. The standard InChI is InChI=1S/C9H19NO2S/c1-2-3-7-12-9(11)10-6-4-5-8-13/h13H,2-8H2,1H3,(H,10,11). The van der Waals surface area contributed by atoms with Crippen LogP contribution in [0.15, 0.2) is 0 Å². The Morgan fingerprint density at radius 2 is 2.15 bits per heavy atom. The minimum absolute atomic E-state index is 0.299. The number of carbonyl (C=O) groups is 1. The Bertz CT molecular complexity index is 131. The van der Waals surface area contributed by atoms with Crippen LogP contribution in [0.3, 0.4) is 0 Å². The van der Waals surface area contributed by atoms with E-state index in [1.807, 2.05) is 0 Å². The lowest BCUT2D eigenvalue weighted by atomic mass is 10.3. The molecule has 0 aliphatic rings. The van der Waals surface area contributed by atoms with Gasteiger partial charge in [0.15, 0.2) is 0 Å². The molecule has 3 nitrogen and oxygen atoms in total. The SMILES string of the molecule is CCCCOC(=O)NCCCCS. The molecule has 0 aliphatic heterocycles. The van der Waals surface area contributed by atoms with Gasteiger partial charge in [0.05, 0.1) is 6.61 Å². The Kier molecular flexibility index (Phi) is 9.42. The predicted molar refractivity (Wildman–Crippen MR) is 57.3 cm³/mol. The normalized spacial score (nSPS) is 9.69. The molecule has 0 bridgehead atoms. The number of alkyl carbamates (subject to hydrolysis) is 1. The number of amides is 1. The predicted octanol–water partition coefficient (Wildman–Crippen LogP) is 2.22. The lowest BCUT2D eigenvalue weighted by molar-refractivity contribution is 0.144. The Morgan fingerprint density at radius 3 is 2.77 bits per heavy atom. The fourth-order valence-electron chi connectivity index (χ4n) is 0.787. The van der Waals surface area contributed by atoms with E-state index in [0.29, 0.717) is 13.2 Å². The Morgan fingerprint density at radius 1 is 1.38 bits per heavy atom. The summed E-state index contributed by atoms with van der Waals surface area (Å²) < 4.78 is 4.89. The molecule has 13 heavy (non-hydrogen) atoms. The monoisotopic (exact) mass is 205 g/mol. The van der Waals surface area contributed by atoms with Crippen LogP contribution in [0.25, 0.3) is 0 Å². The number of rotatable bonds is 7. The van der Waals surface area contributed by atoms with Gasteiger partial charge >= 0.3 is 6.09 Å². The van der Waals surface area contributed by atoms with Crippen LogP contribution in [0.4, 0.5) is 4.79 Å². The maximum absolute atomic E-state index is 10.9. The molecule has 0 saturated heterocycles. The van der Waals surface area contributed by atoms with E-state index in [2.05, 4.69) is 24.9 Å². The van der Waals surface area contributed by atoms with Crippen molar-refractivity contribution in [3.63, 3.8) is 0 Å². The van der Waals surface area contributed by atoms with Gasteiger partial charge in [-0.25, -0.2) is 4.79 Å². The minimum atomic E-state index is -0.299. The van der Waals surface area contributed by atoms with Gasteiger partial charge in [-0.15, -0.1) is 0 Å². The van der Waals surface area contributed by atoms with Crippen molar-refractivity contribution >= 4 is 18.7 Å². The molecule has 0 heterocycles. The largest absolute Gasteiger partial charge is 0.450 e. The maximum atomic E-state index is 10.9. The molecule has 0 fully saturated rings. The number of unbranched alkanes of at least 4 members (excludes halogenated alkanes) is 2. The van der Waals surface area contributed by atoms with Gasteiger partial charge in [-0.1, -0.05) is 13.3 Å². The Balaban J connectivity index is 3.11. The summed E-state index contributed by atoms with van der Waals surface area (Å²) in [6, 6.07) is 0. The summed E-state index contributed by atoms with van der Waals surface area (Å²) >= 11 is 4.07. The summed E-state index contributed by atoms with van der Waals surface area (Å²) in [4.78, 5) is 10.9. The average molecular weight is 205 g/mol. The highest BCUT2D eigenvalue weighted by Gasteiger charge is 1.98. The zero-order chi connectivity index (χ0) is 9.94. The highest BCUT2D eigenvalue weighted by Crippen LogP contribution is 1.91. The van der Waals surface area contributed by atoms with Crippen molar-refractivity contribution in [3.8, 4) is 0 Å². The van der Waals surface area contributed by atoms with E-state index in [1.165, 1.54) is 0 Å². The number of ether oxygens (including phenoxy) is 1. The van der Waals surface area contributed by atoms with Crippen LogP contribution in [0.1, 0.15) is 32.6 Å². The quantitative estimate of drug-likeness (QED) is 0.494. The summed E-state index contributed by atoms with van der Waals surface area (Å²) in [5.74, 6) is 0.868. The highest BCUT2D eigenvalue weighted by molar-refractivity contribution is 7.80. The van der Waals surface area contributed by atoms with Crippen LogP contribution >= 0.6 is 12.6 Å². The number of thiol groups is 1. The third kappa shape index (κ3) is 9.53. The van der Waals surface area contributed by atoms with E-state index < -0.39 is 0 Å². The van der Waals surface area contributed by atoms with Gasteiger partial charge in [0.25, 0.3) is 0 Å². The number of carbonyl (C=O) groups excluding carboxylic acids is 1. The summed E-state index contributed by atoms with van der Waals surface area (Å²) in [6.45, 7) is 3.27. The van der Waals surface area contributed by atoms with E-state index in [-0.39, 0.29) is 6.09 Å². The molecular weight excluding hydrogens is 186 g/mol. The van der Waals surface area contributed by atoms with Gasteiger partial charge in [0.2, 0.25) is 0 Å². The third-order valence-electron chi connectivity index (χ3n) is 1.59. The van der Waals surface area contributed by atoms with Gasteiger partial charge in [-0.05, 0) is 25.0 Å². The van der Waals surface area contributed by atoms with E-state index in [1.54, 1.807) is 0 Å². The average Bonchev–Trinajstić information content (AvgIpc) is 2.13. The molecule has 0 aromatic heterocycles. The topological polar surface area (TPSA) is 38.3 Å². The molecule has 0 aliphatic carbocycles. The molecular formula is C9H19NO2S. The van der Waals surface area contributed by atoms with E-state index in [0.717, 1.165) is 31.4 Å². The van der Waals surface area contributed by atoms with Crippen LogP contribution in [-0.4, -0.2) is 25.0 Å². The van der Waals surface area contributed by atoms with Gasteiger partial charge in [-0.3, -0.25) is 0 Å². The lowest BCUT2D eigenvalue weighted by Crippen LogP contribution is -2.25.